The van der Waals surface area contributed by atoms with Crippen LogP contribution in [0.1, 0.15) is 107 Å². The lowest BCUT2D eigenvalue weighted by Gasteiger charge is -2.25. The summed E-state index contributed by atoms with van der Waals surface area (Å²) in [6.45, 7) is 9.79. The molecule has 0 aliphatic carbocycles. The van der Waals surface area contributed by atoms with E-state index in [4.69, 9.17) is 4.74 Å². The van der Waals surface area contributed by atoms with Crippen molar-refractivity contribution in [2.24, 2.45) is 0 Å². The quantitative estimate of drug-likeness (QED) is 0.248. The maximum Gasteiger partial charge on any atom is 0.335 e. The van der Waals surface area contributed by atoms with Gasteiger partial charge in [-0.05, 0) is 53.1 Å². The van der Waals surface area contributed by atoms with Gasteiger partial charge in [-0.1, -0.05) is 78.9 Å². The number of rotatable bonds is 14. The summed E-state index contributed by atoms with van der Waals surface area (Å²) in [5.41, 5.74) is 1.93. The number of anilines is 1. The maximum atomic E-state index is 13.4. The molecule has 1 amide bonds. The molecule has 0 spiro atoms. The van der Waals surface area contributed by atoms with Crippen LogP contribution in [-0.2, 0) is 20.0 Å². The monoisotopic (exact) mass is 545 g/mol. The van der Waals surface area contributed by atoms with Gasteiger partial charge >= 0.3 is 5.97 Å². The lowest BCUT2D eigenvalue weighted by Crippen LogP contribution is -2.21. The van der Waals surface area contributed by atoms with E-state index in [1.165, 1.54) is 13.2 Å². The number of hydrogen-bond donors (Lipinski definition) is 2. The van der Waals surface area contributed by atoms with Crippen molar-refractivity contribution in [3.05, 3.63) is 53.1 Å². The Morgan fingerprint density at radius 1 is 1.00 bits per heavy atom. The minimum atomic E-state index is -3.40. The number of methoxy groups -OCH3 is 1. The number of carbonyl (C=O) groups excluding carboxylic acids is 1. The Labute approximate surface area is 227 Å². The van der Waals surface area contributed by atoms with E-state index in [2.05, 4.69) is 12.2 Å². The highest BCUT2D eigenvalue weighted by Gasteiger charge is 2.25. The van der Waals surface area contributed by atoms with Crippen LogP contribution in [0.25, 0.3) is 0 Å². The second kappa shape index (κ2) is 13.8. The van der Waals surface area contributed by atoms with Gasteiger partial charge in [0.05, 0.1) is 23.3 Å². The van der Waals surface area contributed by atoms with E-state index >= 15 is 0 Å². The Hall–Kier alpha value is -2.87. The number of unbranched alkanes of at least 4 members (excludes halogenated alkanes) is 4. The molecule has 210 valence electrons. The molecule has 2 rings (SSSR count). The molecule has 1 atom stereocenters. The van der Waals surface area contributed by atoms with Crippen LogP contribution in [0.5, 0.6) is 5.75 Å². The Kier molecular flexibility index (Phi) is 11.4. The number of aromatic carboxylic acids is 1. The highest BCUT2D eigenvalue weighted by Crippen LogP contribution is 2.36. The number of carboxylic acid groups (broad SMARTS) is 1. The SMILES string of the molecule is CCCCCCCC(CC(=O)Nc1cc(C(=O)O)ccc1C(C)(C)C)c1ccc(S(=O)(=O)CC)cc1OC. The molecule has 0 saturated carbocycles. The molecule has 8 heteroatoms. The summed E-state index contributed by atoms with van der Waals surface area (Å²) in [6.07, 6.45) is 6.30. The van der Waals surface area contributed by atoms with Crippen LogP contribution >= 0.6 is 0 Å². The first-order chi connectivity index (χ1) is 17.8. The Bertz CT molecular complexity index is 1210. The lowest BCUT2D eigenvalue weighted by molar-refractivity contribution is -0.116. The molecule has 2 N–H and O–H groups in total. The normalized spacial score (nSPS) is 12.7. The largest absolute Gasteiger partial charge is 0.496 e. The van der Waals surface area contributed by atoms with Crippen molar-refractivity contribution >= 4 is 27.4 Å². The molecule has 7 nitrogen and oxygen atoms in total. The summed E-state index contributed by atoms with van der Waals surface area (Å²) in [5.74, 6) is -1.04. The third-order valence-corrected chi connectivity index (χ3v) is 8.55. The number of ether oxygens (including phenoxy) is 1. The Morgan fingerprint density at radius 3 is 2.26 bits per heavy atom. The van der Waals surface area contributed by atoms with Crippen LogP contribution in [-0.4, -0.2) is 38.3 Å². The number of carbonyl (C=O) groups is 2. The zero-order valence-electron chi connectivity index (χ0n) is 23.6. The first-order valence-corrected chi connectivity index (χ1v) is 15.1. The number of amides is 1. The Morgan fingerprint density at radius 2 is 1.68 bits per heavy atom. The lowest BCUT2D eigenvalue weighted by atomic mass is 9.85. The zero-order chi connectivity index (χ0) is 28.5. The Balaban J connectivity index is 2.39. The van der Waals surface area contributed by atoms with E-state index in [1.807, 2.05) is 20.8 Å². The zero-order valence-corrected chi connectivity index (χ0v) is 24.4. The van der Waals surface area contributed by atoms with Crippen LogP contribution < -0.4 is 10.1 Å². The van der Waals surface area contributed by atoms with Gasteiger partial charge in [-0.3, -0.25) is 4.79 Å². The second-order valence-electron chi connectivity index (χ2n) is 10.8. The van der Waals surface area contributed by atoms with Crippen molar-refractivity contribution in [3.8, 4) is 5.75 Å². The van der Waals surface area contributed by atoms with Gasteiger partial charge in [-0.15, -0.1) is 0 Å². The fourth-order valence-electron chi connectivity index (χ4n) is 4.61. The van der Waals surface area contributed by atoms with Gasteiger partial charge in [-0.25, -0.2) is 13.2 Å². The van der Waals surface area contributed by atoms with Crippen LogP contribution in [0, 0.1) is 0 Å². The van der Waals surface area contributed by atoms with E-state index < -0.39 is 15.8 Å². The van der Waals surface area contributed by atoms with Gasteiger partial charge in [0.15, 0.2) is 9.84 Å². The first kappa shape index (κ1) is 31.3. The number of hydrogen-bond acceptors (Lipinski definition) is 5. The van der Waals surface area contributed by atoms with Gasteiger partial charge in [-0.2, -0.15) is 0 Å². The van der Waals surface area contributed by atoms with E-state index in [1.54, 1.807) is 37.3 Å². The van der Waals surface area contributed by atoms with Crippen molar-refractivity contribution < 1.29 is 27.9 Å². The van der Waals surface area contributed by atoms with E-state index in [-0.39, 0.29) is 39.9 Å². The summed E-state index contributed by atoms with van der Waals surface area (Å²) in [7, 11) is -1.89. The highest BCUT2D eigenvalue weighted by molar-refractivity contribution is 7.91. The number of carboxylic acids is 1. The standard InChI is InChI=1S/C30H43NO6S/c1-7-9-10-11-12-13-21(24-16-15-23(20-27(24)37-6)38(35,36)8-2)19-28(32)31-26-18-22(29(33)34)14-17-25(26)30(3,4)5/h14-18,20-21H,7-13,19H2,1-6H3,(H,31,32)(H,33,34). The first-order valence-electron chi connectivity index (χ1n) is 13.4. The van der Waals surface area contributed by atoms with E-state index in [0.29, 0.717) is 11.4 Å². The van der Waals surface area contributed by atoms with Gasteiger partial charge in [0.1, 0.15) is 5.75 Å². The van der Waals surface area contributed by atoms with Crippen molar-refractivity contribution in [1.82, 2.24) is 0 Å². The topological polar surface area (TPSA) is 110 Å². The predicted molar refractivity (Wildman–Crippen MR) is 152 cm³/mol. The molecule has 0 saturated heterocycles. The summed E-state index contributed by atoms with van der Waals surface area (Å²) in [4.78, 5) is 25.1. The molecule has 0 heterocycles. The molecular formula is C30H43NO6S. The average Bonchev–Trinajstić information content (AvgIpc) is 2.86. The molecule has 38 heavy (non-hydrogen) atoms. The summed E-state index contributed by atoms with van der Waals surface area (Å²) >= 11 is 0. The van der Waals surface area contributed by atoms with Crippen molar-refractivity contribution in [2.45, 2.75) is 95.8 Å². The van der Waals surface area contributed by atoms with Crippen molar-refractivity contribution in [3.63, 3.8) is 0 Å². The minimum absolute atomic E-state index is 0.00964. The molecule has 2 aromatic rings. The van der Waals surface area contributed by atoms with Crippen LogP contribution in [0.4, 0.5) is 5.69 Å². The van der Waals surface area contributed by atoms with Crippen LogP contribution in [0.2, 0.25) is 0 Å². The fraction of sp³-hybridized carbons (Fsp3) is 0.533. The van der Waals surface area contributed by atoms with Gasteiger partial charge in [0.2, 0.25) is 5.91 Å². The molecule has 0 aliphatic rings. The predicted octanol–water partition coefficient (Wildman–Crippen LogP) is 6.96. The van der Waals surface area contributed by atoms with Crippen molar-refractivity contribution in [1.29, 1.82) is 0 Å². The van der Waals surface area contributed by atoms with Gasteiger partial charge < -0.3 is 15.2 Å². The average molecular weight is 546 g/mol. The molecule has 0 radical (unpaired) electrons. The van der Waals surface area contributed by atoms with Gasteiger partial charge in [0, 0.05) is 12.1 Å². The summed E-state index contributed by atoms with van der Waals surface area (Å²) < 4.78 is 30.5. The number of sulfone groups is 1. The van der Waals surface area contributed by atoms with Crippen molar-refractivity contribution in [2.75, 3.05) is 18.2 Å². The van der Waals surface area contributed by atoms with Gasteiger partial charge in [0.25, 0.3) is 0 Å². The fourth-order valence-corrected chi connectivity index (χ4v) is 5.51. The smallest absolute Gasteiger partial charge is 0.335 e. The molecule has 0 fully saturated rings. The van der Waals surface area contributed by atoms with Crippen LogP contribution in [0.15, 0.2) is 41.3 Å². The molecule has 2 aromatic carbocycles. The molecule has 0 aliphatic heterocycles. The summed E-state index contributed by atoms with van der Waals surface area (Å²) in [6, 6.07) is 9.70. The molecule has 1 unspecified atom stereocenters. The number of nitrogens with one attached hydrogen (secondary N) is 1. The minimum Gasteiger partial charge on any atom is -0.496 e. The maximum absolute atomic E-state index is 13.4. The van der Waals surface area contributed by atoms with E-state index in [9.17, 15) is 23.1 Å². The third kappa shape index (κ3) is 8.58. The van der Waals surface area contributed by atoms with E-state index in [0.717, 1.165) is 49.7 Å². The van der Waals surface area contributed by atoms with Crippen LogP contribution in [0.3, 0.4) is 0 Å². The second-order valence-corrected chi connectivity index (χ2v) is 13.1. The molecule has 0 bridgehead atoms. The molecular weight excluding hydrogens is 502 g/mol. The molecule has 0 aromatic heterocycles. The number of benzene rings is 2. The summed E-state index contributed by atoms with van der Waals surface area (Å²) in [5, 5.41) is 12.4. The highest BCUT2D eigenvalue weighted by atomic mass is 32.2. The third-order valence-electron chi connectivity index (χ3n) is 6.82.